The van der Waals surface area contributed by atoms with Crippen LogP contribution in [0.1, 0.15) is 10.4 Å². The molecule has 0 radical (unpaired) electrons. The number of para-hydroxylation sites is 1. The lowest BCUT2D eigenvalue weighted by molar-refractivity contribution is 0.0952. The molecule has 130 valence electrons. The zero-order chi connectivity index (χ0) is 17.9. The van der Waals surface area contributed by atoms with E-state index in [4.69, 9.17) is 0 Å². The molecule has 2 heterocycles. The van der Waals surface area contributed by atoms with Crippen molar-refractivity contribution in [1.29, 1.82) is 0 Å². The Bertz CT molecular complexity index is 1060. The number of benzene rings is 2. The van der Waals surface area contributed by atoms with Crippen molar-refractivity contribution in [2.45, 2.75) is 6.54 Å². The van der Waals surface area contributed by atoms with Gasteiger partial charge >= 0.3 is 0 Å². The maximum atomic E-state index is 12.6. The van der Waals surface area contributed by atoms with Crippen molar-refractivity contribution >= 4 is 32.7 Å². The molecule has 0 atom stereocenters. The lowest BCUT2D eigenvalue weighted by Crippen LogP contribution is -2.28. The first-order chi connectivity index (χ1) is 12.7. The summed E-state index contributed by atoms with van der Waals surface area (Å²) in [5.74, 6) is -0.157. The second-order valence-electron chi connectivity index (χ2n) is 5.74. The minimum Gasteiger partial charge on any atom is -0.350 e. The van der Waals surface area contributed by atoms with Gasteiger partial charge in [0, 0.05) is 34.7 Å². The zero-order valence-corrected chi connectivity index (χ0v) is 15.3. The first-order valence-corrected chi connectivity index (χ1v) is 8.87. The van der Waals surface area contributed by atoms with E-state index in [9.17, 15) is 4.79 Å². The topological polar surface area (TPSA) is 77.6 Å². The van der Waals surface area contributed by atoms with E-state index in [0.29, 0.717) is 24.3 Å². The molecule has 4 aromatic rings. The Labute approximate surface area is 157 Å². The van der Waals surface area contributed by atoms with Gasteiger partial charge in [0.1, 0.15) is 6.33 Å². The summed E-state index contributed by atoms with van der Waals surface area (Å²) in [5.41, 5.74) is 2.31. The van der Waals surface area contributed by atoms with Gasteiger partial charge in [-0.1, -0.05) is 28.1 Å². The van der Waals surface area contributed by atoms with E-state index in [1.807, 2.05) is 30.5 Å². The normalized spacial score (nSPS) is 11.0. The second kappa shape index (κ2) is 7.09. The molecule has 0 saturated carbocycles. The Balaban J connectivity index is 1.46. The number of carbonyl (C=O) groups excluding carboxylic acids is 1. The van der Waals surface area contributed by atoms with Crippen LogP contribution >= 0.6 is 15.9 Å². The van der Waals surface area contributed by atoms with Crippen molar-refractivity contribution in [3.05, 3.63) is 71.1 Å². The average Bonchev–Trinajstić information content (AvgIpc) is 3.31. The summed E-state index contributed by atoms with van der Waals surface area (Å²) in [5, 5.41) is 15.2. The third kappa shape index (κ3) is 3.23. The highest BCUT2D eigenvalue weighted by atomic mass is 79.9. The Morgan fingerprint density at radius 2 is 2.04 bits per heavy atom. The second-order valence-corrected chi connectivity index (χ2v) is 6.66. The largest absolute Gasteiger partial charge is 0.350 e. The molecule has 0 aliphatic rings. The predicted molar refractivity (Wildman–Crippen MR) is 101 cm³/mol. The van der Waals surface area contributed by atoms with Gasteiger partial charge in [0.2, 0.25) is 0 Å². The molecule has 1 amide bonds. The third-order valence-electron chi connectivity index (χ3n) is 4.12. The Morgan fingerprint density at radius 1 is 1.15 bits per heavy atom. The first kappa shape index (κ1) is 16.5. The maximum Gasteiger partial charge on any atom is 0.253 e. The molecule has 2 aromatic carbocycles. The number of fused-ring (bicyclic) bond motifs is 1. The summed E-state index contributed by atoms with van der Waals surface area (Å²) >= 11 is 3.48. The van der Waals surface area contributed by atoms with Gasteiger partial charge in [-0.2, -0.15) is 4.68 Å². The highest BCUT2D eigenvalue weighted by Crippen LogP contribution is 2.20. The molecular weight excluding hydrogens is 396 g/mol. The van der Waals surface area contributed by atoms with Crippen molar-refractivity contribution in [2.24, 2.45) is 0 Å². The number of nitrogens with zero attached hydrogens (tertiary/aromatic N) is 5. The molecule has 26 heavy (non-hydrogen) atoms. The van der Waals surface area contributed by atoms with Crippen LogP contribution in [0.25, 0.3) is 16.6 Å². The van der Waals surface area contributed by atoms with E-state index in [1.165, 1.54) is 11.0 Å². The van der Waals surface area contributed by atoms with Crippen LogP contribution in [-0.4, -0.2) is 37.2 Å². The Morgan fingerprint density at radius 3 is 2.88 bits per heavy atom. The van der Waals surface area contributed by atoms with Crippen LogP contribution in [0.5, 0.6) is 0 Å². The fraction of sp³-hybridized carbons (Fsp3) is 0.111. The Hall–Kier alpha value is -3.00. The predicted octanol–water partition coefficient (Wildman–Crippen LogP) is 2.81. The van der Waals surface area contributed by atoms with Gasteiger partial charge in [-0.05, 0) is 46.8 Å². The monoisotopic (exact) mass is 410 g/mol. The number of hydrogen-bond acceptors (Lipinski definition) is 4. The van der Waals surface area contributed by atoms with E-state index in [-0.39, 0.29) is 5.91 Å². The number of tetrazole rings is 1. The number of aromatic nitrogens is 5. The smallest absolute Gasteiger partial charge is 0.253 e. The molecular formula is C18H15BrN6O. The van der Waals surface area contributed by atoms with Crippen molar-refractivity contribution < 1.29 is 4.79 Å². The standard InChI is InChI=1S/C18H15BrN6O/c19-14-5-6-16-13(11-14)7-9-24(16)10-8-20-18(26)15-3-1-2-4-17(15)25-12-21-22-23-25/h1-7,9,11-12H,8,10H2,(H,20,26). The van der Waals surface area contributed by atoms with Crippen molar-refractivity contribution in [2.75, 3.05) is 6.54 Å². The first-order valence-electron chi connectivity index (χ1n) is 8.07. The van der Waals surface area contributed by atoms with Crippen LogP contribution in [0, 0.1) is 0 Å². The van der Waals surface area contributed by atoms with Crippen molar-refractivity contribution in [3.8, 4) is 5.69 Å². The minimum atomic E-state index is -0.157. The summed E-state index contributed by atoms with van der Waals surface area (Å²) in [6.45, 7) is 1.20. The summed E-state index contributed by atoms with van der Waals surface area (Å²) in [7, 11) is 0. The van der Waals surface area contributed by atoms with Gasteiger partial charge in [0.15, 0.2) is 0 Å². The number of rotatable bonds is 5. The SMILES string of the molecule is O=C(NCCn1ccc2cc(Br)ccc21)c1ccccc1-n1cnnn1. The molecule has 0 saturated heterocycles. The van der Waals surface area contributed by atoms with Gasteiger partial charge in [0.05, 0.1) is 11.3 Å². The Kier molecular flexibility index (Phi) is 4.49. The summed E-state index contributed by atoms with van der Waals surface area (Å²) < 4.78 is 4.65. The van der Waals surface area contributed by atoms with Crippen LogP contribution in [0.2, 0.25) is 0 Å². The van der Waals surface area contributed by atoms with E-state index in [1.54, 1.807) is 6.07 Å². The minimum absolute atomic E-state index is 0.157. The summed E-state index contributed by atoms with van der Waals surface area (Å²) in [6, 6.07) is 15.4. The van der Waals surface area contributed by atoms with E-state index in [0.717, 1.165) is 15.4 Å². The molecule has 2 aromatic heterocycles. The van der Waals surface area contributed by atoms with Gasteiger partial charge in [-0.15, -0.1) is 5.10 Å². The molecule has 1 N–H and O–H groups in total. The lowest BCUT2D eigenvalue weighted by atomic mass is 10.1. The van der Waals surface area contributed by atoms with E-state index >= 15 is 0 Å². The van der Waals surface area contributed by atoms with Crippen LogP contribution < -0.4 is 5.32 Å². The third-order valence-corrected chi connectivity index (χ3v) is 4.61. The molecule has 0 bridgehead atoms. The van der Waals surface area contributed by atoms with Gasteiger partial charge in [0.25, 0.3) is 5.91 Å². The number of halogens is 1. The molecule has 0 aliphatic carbocycles. The van der Waals surface area contributed by atoms with E-state index < -0.39 is 0 Å². The number of carbonyl (C=O) groups is 1. The molecule has 0 aliphatic heterocycles. The zero-order valence-electron chi connectivity index (χ0n) is 13.7. The number of nitrogens with one attached hydrogen (secondary N) is 1. The van der Waals surface area contributed by atoms with Crippen LogP contribution in [-0.2, 0) is 6.54 Å². The highest BCUT2D eigenvalue weighted by Gasteiger charge is 2.13. The lowest BCUT2D eigenvalue weighted by Gasteiger charge is -2.10. The van der Waals surface area contributed by atoms with Gasteiger partial charge in [-0.25, -0.2) is 0 Å². The summed E-state index contributed by atoms with van der Waals surface area (Å²) in [4.78, 5) is 12.6. The molecule has 0 fully saturated rings. The maximum absolute atomic E-state index is 12.6. The molecule has 4 rings (SSSR count). The fourth-order valence-electron chi connectivity index (χ4n) is 2.89. The average molecular weight is 411 g/mol. The fourth-order valence-corrected chi connectivity index (χ4v) is 3.27. The molecule has 8 heteroatoms. The van der Waals surface area contributed by atoms with Crippen molar-refractivity contribution in [3.63, 3.8) is 0 Å². The molecule has 0 spiro atoms. The molecule has 0 unspecified atom stereocenters. The molecule has 7 nitrogen and oxygen atoms in total. The quantitative estimate of drug-likeness (QED) is 0.548. The van der Waals surface area contributed by atoms with Crippen molar-refractivity contribution in [1.82, 2.24) is 30.1 Å². The van der Waals surface area contributed by atoms with Crippen LogP contribution in [0.4, 0.5) is 0 Å². The van der Waals surface area contributed by atoms with E-state index in [2.05, 4.69) is 59.5 Å². The van der Waals surface area contributed by atoms with Crippen LogP contribution in [0.3, 0.4) is 0 Å². The number of hydrogen-bond donors (Lipinski definition) is 1. The number of amides is 1. The highest BCUT2D eigenvalue weighted by molar-refractivity contribution is 9.10. The van der Waals surface area contributed by atoms with Crippen LogP contribution in [0.15, 0.2) is 65.5 Å². The van der Waals surface area contributed by atoms with Gasteiger partial charge < -0.3 is 9.88 Å². The van der Waals surface area contributed by atoms with Gasteiger partial charge in [-0.3, -0.25) is 4.79 Å². The summed E-state index contributed by atoms with van der Waals surface area (Å²) in [6.07, 6.45) is 3.49.